The van der Waals surface area contributed by atoms with Gasteiger partial charge in [0.1, 0.15) is 11.5 Å². The fourth-order valence-corrected chi connectivity index (χ4v) is 4.66. The van der Waals surface area contributed by atoms with E-state index in [1.165, 1.54) is 31.4 Å². The number of carbonyl (C=O) groups excluding carboxylic acids is 1. The SMILES string of the molecule is CCCCCCCCOC(=O)Oc1ccc(C(=O)O)c(-c2ccc(-c3ccc(OCC(C)CC)c(Br)c3)cc2)c1. The second kappa shape index (κ2) is 16.1. The lowest BCUT2D eigenvalue weighted by atomic mass is 9.96. The van der Waals surface area contributed by atoms with Gasteiger partial charge >= 0.3 is 12.1 Å². The first kappa shape index (κ1) is 31.2. The summed E-state index contributed by atoms with van der Waals surface area (Å²) < 4.78 is 17.3. The number of carboxylic acids is 1. The molecule has 3 aromatic rings. The Hall–Kier alpha value is -3.32. The molecule has 1 atom stereocenters. The van der Waals surface area contributed by atoms with Crippen LogP contribution in [0, 0.1) is 5.92 Å². The van der Waals surface area contributed by atoms with Gasteiger partial charge in [-0.1, -0.05) is 89.6 Å². The number of hydrogen-bond acceptors (Lipinski definition) is 5. The number of aromatic carboxylic acids is 1. The van der Waals surface area contributed by atoms with Crippen molar-refractivity contribution in [2.24, 2.45) is 5.92 Å². The third kappa shape index (κ3) is 9.40. The minimum atomic E-state index is -1.06. The fraction of sp³-hybridized carbons (Fsp3) is 0.394. The number of benzene rings is 3. The lowest BCUT2D eigenvalue weighted by molar-refractivity contribution is 0.0697. The summed E-state index contributed by atoms with van der Waals surface area (Å²) in [6.07, 6.45) is 6.80. The molecule has 7 heteroatoms. The van der Waals surface area contributed by atoms with E-state index in [0.29, 0.717) is 30.3 Å². The first-order valence-electron chi connectivity index (χ1n) is 14.1. The largest absolute Gasteiger partial charge is 0.513 e. The molecule has 1 N–H and O–H groups in total. The third-order valence-corrected chi connectivity index (χ3v) is 7.44. The van der Waals surface area contributed by atoms with Gasteiger partial charge in [0, 0.05) is 0 Å². The predicted molar refractivity (Wildman–Crippen MR) is 162 cm³/mol. The molecule has 3 aromatic carbocycles. The summed E-state index contributed by atoms with van der Waals surface area (Å²) in [6, 6.07) is 18.0. The third-order valence-electron chi connectivity index (χ3n) is 6.82. The summed E-state index contributed by atoms with van der Waals surface area (Å²) in [4.78, 5) is 24.1. The molecular weight excluding hydrogens is 572 g/mol. The number of unbranched alkanes of at least 4 members (excludes halogenated alkanes) is 5. The van der Waals surface area contributed by atoms with Gasteiger partial charge in [0.25, 0.3) is 0 Å². The van der Waals surface area contributed by atoms with Crippen LogP contribution in [0.5, 0.6) is 11.5 Å². The molecule has 0 spiro atoms. The molecule has 214 valence electrons. The summed E-state index contributed by atoms with van der Waals surface area (Å²) >= 11 is 3.61. The van der Waals surface area contributed by atoms with E-state index >= 15 is 0 Å². The molecule has 0 aromatic heterocycles. The van der Waals surface area contributed by atoms with E-state index in [4.69, 9.17) is 14.2 Å². The Morgan fingerprint density at radius 2 is 1.52 bits per heavy atom. The number of carbonyl (C=O) groups is 2. The fourth-order valence-electron chi connectivity index (χ4n) is 4.17. The smallest absolute Gasteiger partial charge is 0.492 e. The van der Waals surface area contributed by atoms with Gasteiger partial charge in [0.05, 0.1) is 23.2 Å². The molecule has 0 aliphatic carbocycles. The molecule has 3 rings (SSSR count). The molecule has 0 fully saturated rings. The van der Waals surface area contributed by atoms with Crippen LogP contribution in [-0.2, 0) is 4.74 Å². The van der Waals surface area contributed by atoms with E-state index in [1.807, 2.05) is 42.5 Å². The Balaban J connectivity index is 1.68. The highest BCUT2D eigenvalue weighted by Gasteiger charge is 2.16. The van der Waals surface area contributed by atoms with Crippen LogP contribution in [0.4, 0.5) is 4.79 Å². The quantitative estimate of drug-likeness (QED) is 0.105. The molecule has 0 radical (unpaired) electrons. The Morgan fingerprint density at radius 1 is 0.850 bits per heavy atom. The van der Waals surface area contributed by atoms with Crippen molar-refractivity contribution in [3.63, 3.8) is 0 Å². The van der Waals surface area contributed by atoms with Gasteiger partial charge in [-0.05, 0) is 80.9 Å². The van der Waals surface area contributed by atoms with Crippen molar-refractivity contribution in [3.05, 3.63) is 70.7 Å². The Kier molecular flexibility index (Phi) is 12.5. The minimum absolute atomic E-state index is 0.117. The van der Waals surface area contributed by atoms with Crippen LogP contribution < -0.4 is 9.47 Å². The van der Waals surface area contributed by atoms with E-state index in [1.54, 1.807) is 6.07 Å². The second-order valence-corrected chi connectivity index (χ2v) is 10.9. The highest BCUT2D eigenvalue weighted by Crippen LogP contribution is 2.34. The van der Waals surface area contributed by atoms with Gasteiger partial charge in [-0.2, -0.15) is 0 Å². The number of halogens is 1. The monoisotopic (exact) mass is 610 g/mol. The Morgan fingerprint density at radius 3 is 2.20 bits per heavy atom. The van der Waals surface area contributed by atoms with Crippen molar-refractivity contribution in [3.8, 4) is 33.8 Å². The van der Waals surface area contributed by atoms with Crippen molar-refractivity contribution < 1.29 is 28.9 Å². The lowest BCUT2D eigenvalue weighted by Gasteiger charge is -2.14. The predicted octanol–water partition coefficient (Wildman–Crippen LogP) is 9.78. The highest BCUT2D eigenvalue weighted by atomic mass is 79.9. The first-order chi connectivity index (χ1) is 19.3. The van der Waals surface area contributed by atoms with Gasteiger partial charge in [-0.15, -0.1) is 0 Å². The topological polar surface area (TPSA) is 82.1 Å². The summed E-state index contributed by atoms with van der Waals surface area (Å²) in [7, 11) is 0. The normalized spacial score (nSPS) is 11.6. The van der Waals surface area contributed by atoms with Crippen LogP contribution in [0.3, 0.4) is 0 Å². The summed E-state index contributed by atoms with van der Waals surface area (Å²) in [6.45, 7) is 7.43. The van der Waals surface area contributed by atoms with E-state index in [0.717, 1.165) is 47.0 Å². The van der Waals surface area contributed by atoms with Crippen LogP contribution in [0.25, 0.3) is 22.3 Å². The van der Waals surface area contributed by atoms with Crippen molar-refractivity contribution in [2.75, 3.05) is 13.2 Å². The Labute approximate surface area is 245 Å². The average molecular weight is 612 g/mol. The number of carboxylic acid groups (broad SMARTS) is 1. The number of hydrogen-bond donors (Lipinski definition) is 1. The number of ether oxygens (including phenoxy) is 3. The maximum absolute atomic E-state index is 12.2. The summed E-state index contributed by atoms with van der Waals surface area (Å²) in [5.41, 5.74) is 3.24. The van der Waals surface area contributed by atoms with Crippen molar-refractivity contribution >= 4 is 28.1 Å². The van der Waals surface area contributed by atoms with Gasteiger partial charge in [-0.3, -0.25) is 0 Å². The van der Waals surface area contributed by atoms with Crippen molar-refractivity contribution in [1.82, 2.24) is 0 Å². The molecular formula is C33H39BrO6. The minimum Gasteiger partial charge on any atom is -0.492 e. The summed E-state index contributed by atoms with van der Waals surface area (Å²) in [5.74, 6) is 0.450. The van der Waals surface area contributed by atoms with E-state index in [-0.39, 0.29) is 11.3 Å². The molecule has 0 amide bonds. The van der Waals surface area contributed by atoms with Crippen LogP contribution in [0.2, 0.25) is 0 Å². The molecule has 0 aliphatic rings. The second-order valence-electron chi connectivity index (χ2n) is 10.0. The molecule has 0 saturated heterocycles. The average Bonchev–Trinajstić information content (AvgIpc) is 2.95. The molecule has 1 unspecified atom stereocenters. The van der Waals surface area contributed by atoms with Gasteiger partial charge in [0.15, 0.2) is 0 Å². The van der Waals surface area contributed by atoms with Gasteiger partial charge < -0.3 is 19.3 Å². The number of rotatable bonds is 15. The summed E-state index contributed by atoms with van der Waals surface area (Å²) in [5, 5.41) is 9.75. The van der Waals surface area contributed by atoms with Crippen LogP contribution in [0.15, 0.2) is 65.1 Å². The maximum atomic E-state index is 12.2. The zero-order chi connectivity index (χ0) is 28.9. The zero-order valence-electron chi connectivity index (χ0n) is 23.6. The van der Waals surface area contributed by atoms with E-state index < -0.39 is 12.1 Å². The van der Waals surface area contributed by atoms with Crippen molar-refractivity contribution in [1.29, 1.82) is 0 Å². The van der Waals surface area contributed by atoms with E-state index in [9.17, 15) is 14.7 Å². The lowest BCUT2D eigenvalue weighted by Crippen LogP contribution is -2.12. The van der Waals surface area contributed by atoms with Gasteiger partial charge in [-0.25, -0.2) is 9.59 Å². The Bertz CT molecular complexity index is 1250. The van der Waals surface area contributed by atoms with E-state index in [2.05, 4.69) is 36.7 Å². The van der Waals surface area contributed by atoms with Crippen LogP contribution in [-0.4, -0.2) is 30.4 Å². The molecule has 0 heterocycles. The molecule has 0 bridgehead atoms. The maximum Gasteiger partial charge on any atom is 0.513 e. The van der Waals surface area contributed by atoms with Crippen molar-refractivity contribution in [2.45, 2.75) is 65.7 Å². The molecule has 0 saturated carbocycles. The van der Waals surface area contributed by atoms with Crippen LogP contribution in [0.1, 0.15) is 76.1 Å². The molecule has 40 heavy (non-hydrogen) atoms. The zero-order valence-corrected chi connectivity index (χ0v) is 25.2. The standard InChI is InChI=1S/C33H39BrO6/c1-4-6-7-8-9-10-19-38-33(37)40-27-16-17-28(32(35)36)29(21-27)25-13-11-24(12-14-25)26-15-18-31(30(34)20-26)39-22-23(3)5-2/h11-18,20-21,23H,4-10,19,22H2,1-3H3,(H,35,36). The van der Waals surface area contributed by atoms with Gasteiger partial charge in [0.2, 0.25) is 0 Å². The first-order valence-corrected chi connectivity index (χ1v) is 14.9. The molecule has 6 nitrogen and oxygen atoms in total. The molecule has 0 aliphatic heterocycles. The van der Waals surface area contributed by atoms with Crippen LogP contribution >= 0.6 is 15.9 Å². The highest BCUT2D eigenvalue weighted by molar-refractivity contribution is 9.10.